The van der Waals surface area contributed by atoms with Crippen LogP contribution in [0.5, 0.6) is 0 Å². The topological polar surface area (TPSA) is 129 Å². The molecule has 12 nitrogen and oxygen atoms in total. The molecule has 0 bridgehead atoms. The van der Waals surface area contributed by atoms with E-state index in [1.807, 2.05) is 13.0 Å². The molecule has 3 aliphatic heterocycles. The molecule has 3 aromatic rings. The highest BCUT2D eigenvalue weighted by molar-refractivity contribution is 6.33. The molecule has 0 radical (unpaired) electrons. The maximum absolute atomic E-state index is 14.2. The SMILES string of the molecule is C[C@@H]1C[C@]2(CCN1C(=O)OC(C)(C)C)OCc1c2c(=O)n2nc(C3=CCOCC3)nc2n1CC(=O)Nc1ccc(C(F)(F)F)cc1Cl. The molecule has 0 saturated carbocycles. The second kappa shape index (κ2) is 11.9. The number of ether oxygens (including phenoxy) is 3. The van der Waals surface area contributed by atoms with Crippen LogP contribution in [0.25, 0.3) is 11.4 Å². The molecule has 2 atom stereocenters. The molecule has 5 heterocycles. The van der Waals surface area contributed by atoms with Crippen molar-refractivity contribution in [3.05, 3.63) is 62.3 Å². The Morgan fingerprint density at radius 3 is 2.64 bits per heavy atom. The van der Waals surface area contributed by atoms with Gasteiger partial charge < -0.3 is 29.0 Å². The summed E-state index contributed by atoms with van der Waals surface area (Å²) in [6, 6.07) is 2.29. The van der Waals surface area contributed by atoms with E-state index < -0.39 is 40.5 Å². The zero-order chi connectivity index (χ0) is 33.9. The fourth-order valence-corrected chi connectivity index (χ4v) is 6.53. The number of benzene rings is 1. The first-order valence-electron chi connectivity index (χ1n) is 15.2. The molecule has 1 aromatic carbocycles. The van der Waals surface area contributed by atoms with Crippen LogP contribution in [0.1, 0.15) is 69.6 Å². The molecule has 1 N–H and O–H groups in total. The first kappa shape index (κ1) is 33.0. The summed E-state index contributed by atoms with van der Waals surface area (Å²) < 4.78 is 59.5. The molecule has 1 saturated heterocycles. The molecule has 1 fully saturated rings. The number of anilines is 1. The van der Waals surface area contributed by atoms with E-state index in [4.69, 9.17) is 25.8 Å². The number of nitrogens with zero attached hydrogens (tertiary/aromatic N) is 5. The van der Waals surface area contributed by atoms with Gasteiger partial charge in [0.25, 0.3) is 5.56 Å². The van der Waals surface area contributed by atoms with Crippen molar-refractivity contribution in [1.82, 2.24) is 24.1 Å². The van der Waals surface area contributed by atoms with Gasteiger partial charge >= 0.3 is 12.3 Å². The molecular formula is C31H34ClF3N6O6. The molecule has 0 unspecified atom stereocenters. The van der Waals surface area contributed by atoms with Gasteiger partial charge in [-0.1, -0.05) is 17.7 Å². The monoisotopic (exact) mass is 678 g/mol. The van der Waals surface area contributed by atoms with Crippen molar-refractivity contribution in [1.29, 1.82) is 0 Å². The molecule has 0 aliphatic carbocycles. The number of likely N-dealkylation sites (tertiary alicyclic amines) is 1. The van der Waals surface area contributed by atoms with E-state index in [1.54, 1.807) is 30.2 Å². The maximum Gasteiger partial charge on any atom is 0.416 e. The van der Waals surface area contributed by atoms with Gasteiger partial charge in [-0.2, -0.15) is 22.7 Å². The fraction of sp³-hybridized carbons (Fsp3) is 0.516. The molecule has 2 amide bonds. The molecule has 6 rings (SSSR count). The zero-order valence-electron chi connectivity index (χ0n) is 26.2. The van der Waals surface area contributed by atoms with Crippen LogP contribution in [-0.4, -0.2) is 67.5 Å². The summed E-state index contributed by atoms with van der Waals surface area (Å²) in [7, 11) is 0. The van der Waals surface area contributed by atoms with Gasteiger partial charge in [0.15, 0.2) is 5.82 Å². The van der Waals surface area contributed by atoms with Gasteiger partial charge in [-0.3, -0.25) is 9.59 Å². The van der Waals surface area contributed by atoms with Crippen LogP contribution in [0, 0.1) is 0 Å². The number of alkyl halides is 3. The third-order valence-corrected chi connectivity index (χ3v) is 8.77. The number of carbonyl (C=O) groups is 2. The normalized spacial score (nSPS) is 21.6. The lowest BCUT2D eigenvalue weighted by Gasteiger charge is -2.43. The Morgan fingerprint density at radius 2 is 2.00 bits per heavy atom. The lowest BCUT2D eigenvalue weighted by Crippen LogP contribution is -2.52. The minimum absolute atomic E-state index is 0.0102. The van der Waals surface area contributed by atoms with Crippen molar-refractivity contribution in [2.24, 2.45) is 0 Å². The van der Waals surface area contributed by atoms with Crippen molar-refractivity contribution >= 4 is 40.6 Å². The first-order valence-corrected chi connectivity index (χ1v) is 15.5. The van der Waals surface area contributed by atoms with E-state index in [0.29, 0.717) is 43.1 Å². The number of aromatic nitrogens is 4. The molecule has 1 spiro atoms. The lowest BCUT2D eigenvalue weighted by molar-refractivity contribution is -0.137. The Morgan fingerprint density at radius 1 is 1.23 bits per heavy atom. The summed E-state index contributed by atoms with van der Waals surface area (Å²) >= 11 is 6.10. The summed E-state index contributed by atoms with van der Waals surface area (Å²) in [6.45, 7) is 7.91. The van der Waals surface area contributed by atoms with E-state index in [2.05, 4.69) is 15.4 Å². The van der Waals surface area contributed by atoms with Gasteiger partial charge in [-0.25, -0.2) is 4.79 Å². The molecule has 2 aromatic heterocycles. The van der Waals surface area contributed by atoms with Crippen LogP contribution in [0.2, 0.25) is 5.02 Å². The van der Waals surface area contributed by atoms with Crippen molar-refractivity contribution in [3.8, 4) is 0 Å². The van der Waals surface area contributed by atoms with E-state index in [-0.39, 0.29) is 48.6 Å². The molecule has 47 heavy (non-hydrogen) atoms. The van der Waals surface area contributed by atoms with E-state index in [9.17, 15) is 27.6 Å². The molecule has 16 heteroatoms. The zero-order valence-corrected chi connectivity index (χ0v) is 27.0. The van der Waals surface area contributed by atoms with Crippen LogP contribution >= 0.6 is 11.6 Å². The highest BCUT2D eigenvalue weighted by atomic mass is 35.5. The molecule has 3 aliphatic rings. The van der Waals surface area contributed by atoms with Gasteiger partial charge in [0.2, 0.25) is 11.7 Å². The Kier molecular flexibility index (Phi) is 8.37. The standard InChI is InChI=1S/C31H34ClF3N6O6/c1-17-14-30(9-10-39(17)28(44)47-29(2,3)4)24-22(16-46-30)40(15-23(42)36-21-6-5-19(13-20(21)32)31(33,34)35)27-37-25(38-41(27)26(24)43)18-7-11-45-12-8-18/h5-7,13,17H,8-12,14-16H2,1-4H3,(H,36,42)/t17-,30+/m1/s1. The highest BCUT2D eigenvalue weighted by Gasteiger charge is 2.50. The van der Waals surface area contributed by atoms with Crippen LogP contribution in [-0.2, 0) is 43.9 Å². The first-order chi connectivity index (χ1) is 22.1. The van der Waals surface area contributed by atoms with Gasteiger partial charge in [0, 0.05) is 19.0 Å². The number of fused-ring (bicyclic) bond motifs is 3. The number of rotatable bonds is 4. The number of carbonyl (C=O) groups excluding carboxylic acids is 2. The van der Waals surface area contributed by atoms with Crippen LogP contribution in [0.3, 0.4) is 0 Å². The smallest absolute Gasteiger partial charge is 0.416 e. The Hall–Kier alpha value is -3.95. The summed E-state index contributed by atoms with van der Waals surface area (Å²) in [5, 5.41) is 6.83. The maximum atomic E-state index is 14.2. The van der Waals surface area contributed by atoms with Crippen LogP contribution in [0.4, 0.5) is 23.7 Å². The summed E-state index contributed by atoms with van der Waals surface area (Å²) in [5.74, 6) is -0.204. The largest absolute Gasteiger partial charge is 0.444 e. The minimum Gasteiger partial charge on any atom is -0.444 e. The Bertz CT molecular complexity index is 1850. The number of piperidine rings is 1. The van der Waals surface area contributed by atoms with Crippen LogP contribution in [0.15, 0.2) is 29.1 Å². The number of halogens is 4. The van der Waals surface area contributed by atoms with Crippen molar-refractivity contribution in [2.75, 3.05) is 25.1 Å². The van der Waals surface area contributed by atoms with Gasteiger partial charge in [0.1, 0.15) is 17.7 Å². The second-order valence-corrected chi connectivity index (χ2v) is 13.3. The number of nitrogens with one attached hydrogen (secondary N) is 1. The van der Waals surface area contributed by atoms with Gasteiger partial charge in [-0.15, -0.1) is 5.10 Å². The van der Waals surface area contributed by atoms with Crippen molar-refractivity contribution in [3.63, 3.8) is 0 Å². The number of hydrogen-bond donors (Lipinski definition) is 1. The Labute approximate surface area is 272 Å². The van der Waals surface area contributed by atoms with E-state index >= 15 is 0 Å². The number of hydrogen-bond acceptors (Lipinski definition) is 8. The quantitative estimate of drug-likeness (QED) is 0.401. The fourth-order valence-electron chi connectivity index (χ4n) is 6.31. The highest BCUT2D eigenvalue weighted by Crippen LogP contribution is 2.45. The van der Waals surface area contributed by atoms with Gasteiger partial charge in [0.05, 0.1) is 47.4 Å². The lowest BCUT2D eigenvalue weighted by atomic mass is 9.82. The second-order valence-electron chi connectivity index (χ2n) is 12.9. The number of amides is 2. The summed E-state index contributed by atoms with van der Waals surface area (Å²) in [4.78, 5) is 46.8. The van der Waals surface area contributed by atoms with Crippen molar-refractivity contribution in [2.45, 2.75) is 83.5 Å². The third-order valence-electron chi connectivity index (χ3n) is 8.46. The Balaban J connectivity index is 1.38. The molecule has 252 valence electrons. The van der Waals surface area contributed by atoms with Gasteiger partial charge in [-0.05, 0) is 64.3 Å². The minimum atomic E-state index is -4.60. The average molecular weight is 679 g/mol. The molecular weight excluding hydrogens is 645 g/mol. The third kappa shape index (κ3) is 6.35. The summed E-state index contributed by atoms with van der Waals surface area (Å²) in [6.07, 6.45) is -2.12. The summed E-state index contributed by atoms with van der Waals surface area (Å²) in [5.41, 5.74) is -1.63. The van der Waals surface area contributed by atoms with E-state index in [0.717, 1.165) is 28.3 Å². The van der Waals surface area contributed by atoms with Crippen LogP contribution < -0.4 is 10.9 Å². The predicted molar refractivity (Wildman–Crippen MR) is 164 cm³/mol. The van der Waals surface area contributed by atoms with Crippen molar-refractivity contribution < 1.29 is 37.0 Å². The predicted octanol–water partition coefficient (Wildman–Crippen LogP) is 5.15. The van der Waals surface area contributed by atoms with E-state index in [1.165, 1.54) is 0 Å². The average Bonchev–Trinajstić information content (AvgIpc) is 3.59.